The summed E-state index contributed by atoms with van der Waals surface area (Å²) >= 11 is 3.45. The van der Waals surface area contributed by atoms with Crippen molar-refractivity contribution in [3.05, 3.63) is 28.2 Å². The Morgan fingerprint density at radius 1 is 1.32 bits per heavy atom. The van der Waals surface area contributed by atoms with Crippen LogP contribution in [0.2, 0.25) is 0 Å². The second kappa shape index (κ2) is 4.80. The standard InChI is InChI=1S/C14H16BrNO3/c15-10-1-2-12(16-5-7-19-8-6-16)11(9-10)14(3-4-14)13(17)18/h1-2,9H,3-8H2,(H,17,18). The Bertz CT molecular complexity index is 507. The minimum atomic E-state index is -0.708. The number of carboxylic acids is 1. The van der Waals surface area contributed by atoms with Crippen LogP contribution in [0, 0.1) is 0 Å². The first-order valence-corrected chi connectivity index (χ1v) is 7.29. The highest BCUT2D eigenvalue weighted by atomic mass is 79.9. The number of rotatable bonds is 3. The van der Waals surface area contributed by atoms with Gasteiger partial charge in [-0.05, 0) is 36.6 Å². The van der Waals surface area contributed by atoms with Crippen LogP contribution in [0.15, 0.2) is 22.7 Å². The maximum absolute atomic E-state index is 11.6. The quantitative estimate of drug-likeness (QED) is 0.927. The van der Waals surface area contributed by atoms with Gasteiger partial charge in [0.05, 0.1) is 18.6 Å². The molecule has 102 valence electrons. The molecule has 3 rings (SSSR count). The first-order valence-electron chi connectivity index (χ1n) is 6.50. The van der Waals surface area contributed by atoms with E-state index in [0.29, 0.717) is 13.2 Å². The summed E-state index contributed by atoms with van der Waals surface area (Å²) in [5.41, 5.74) is 1.32. The summed E-state index contributed by atoms with van der Waals surface area (Å²) in [5, 5.41) is 9.51. The third kappa shape index (κ3) is 2.25. The Hall–Kier alpha value is -1.07. The molecule has 0 amide bonds. The van der Waals surface area contributed by atoms with Crippen molar-refractivity contribution in [3.8, 4) is 0 Å². The zero-order valence-corrected chi connectivity index (χ0v) is 12.1. The second-order valence-electron chi connectivity index (χ2n) is 5.15. The average molecular weight is 326 g/mol. The molecule has 0 aromatic heterocycles. The van der Waals surface area contributed by atoms with Gasteiger partial charge in [-0.1, -0.05) is 15.9 Å². The number of anilines is 1. The molecule has 1 aliphatic heterocycles. The summed E-state index contributed by atoms with van der Waals surface area (Å²) in [4.78, 5) is 13.8. The number of hydrogen-bond acceptors (Lipinski definition) is 3. The molecule has 1 heterocycles. The van der Waals surface area contributed by atoms with E-state index in [-0.39, 0.29) is 0 Å². The molecule has 1 aliphatic carbocycles. The van der Waals surface area contributed by atoms with Crippen LogP contribution in [0.25, 0.3) is 0 Å². The highest BCUT2D eigenvalue weighted by Gasteiger charge is 2.53. The van der Waals surface area contributed by atoms with Crippen molar-refractivity contribution in [2.45, 2.75) is 18.3 Å². The number of aliphatic carboxylic acids is 1. The lowest BCUT2D eigenvalue weighted by Crippen LogP contribution is -2.37. The summed E-state index contributed by atoms with van der Waals surface area (Å²) in [6.45, 7) is 3.06. The maximum atomic E-state index is 11.6. The predicted octanol–water partition coefficient (Wildman–Crippen LogP) is 2.40. The van der Waals surface area contributed by atoms with Crippen molar-refractivity contribution >= 4 is 27.6 Å². The molecule has 5 heteroatoms. The molecule has 1 saturated heterocycles. The molecule has 19 heavy (non-hydrogen) atoms. The fourth-order valence-electron chi connectivity index (χ4n) is 2.69. The van der Waals surface area contributed by atoms with Crippen LogP contribution in [-0.4, -0.2) is 37.4 Å². The fraction of sp³-hybridized carbons (Fsp3) is 0.500. The second-order valence-corrected chi connectivity index (χ2v) is 6.06. The summed E-state index contributed by atoms with van der Waals surface area (Å²) in [7, 11) is 0. The van der Waals surface area contributed by atoms with E-state index < -0.39 is 11.4 Å². The lowest BCUT2D eigenvalue weighted by Gasteiger charge is -2.32. The van der Waals surface area contributed by atoms with Gasteiger partial charge >= 0.3 is 5.97 Å². The van der Waals surface area contributed by atoms with Crippen LogP contribution >= 0.6 is 15.9 Å². The van der Waals surface area contributed by atoms with Gasteiger partial charge in [0, 0.05) is 23.2 Å². The fourth-order valence-corrected chi connectivity index (χ4v) is 3.06. The number of nitrogens with zero attached hydrogens (tertiary/aromatic N) is 1. The predicted molar refractivity (Wildman–Crippen MR) is 75.7 cm³/mol. The topological polar surface area (TPSA) is 49.8 Å². The Kier molecular flexibility index (Phi) is 3.27. The van der Waals surface area contributed by atoms with E-state index in [1.807, 2.05) is 18.2 Å². The molecule has 1 aromatic rings. The Balaban J connectivity index is 2.02. The van der Waals surface area contributed by atoms with Crippen molar-refractivity contribution in [1.82, 2.24) is 0 Å². The van der Waals surface area contributed by atoms with Gasteiger partial charge in [0.25, 0.3) is 0 Å². The van der Waals surface area contributed by atoms with E-state index >= 15 is 0 Å². The van der Waals surface area contributed by atoms with Crippen molar-refractivity contribution in [1.29, 1.82) is 0 Å². The van der Waals surface area contributed by atoms with E-state index in [9.17, 15) is 9.90 Å². The number of carboxylic acid groups (broad SMARTS) is 1. The molecule has 0 radical (unpaired) electrons. The minimum Gasteiger partial charge on any atom is -0.481 e. The van der Waals surface area contributed by atoms with Crippen LogP contribution < -0.4 is 4.90 Å². The van der Waals surface area contributed by atoms with E-state index in [4.69, 9.17) is 4.74 Å². The molecule has 1 N–H and O–H groups in total. The molecule has 1 aromatic carbocycles. The van der Waals surface area contributed by atoms with Gasteiger partial charge in [0.1, 0.15) is 0 Å². The zero-order valence-electron chi connectivity index (χ0n) is 10.6. The third-order valence-electron chi connectivity index (χ3n) is 3.99. The highest BCUT2D eigenvalue weighted by Crippen LogP contribution is 2.52. The maximum Gasteiger partial charge on any atom is 0.314 e. The molecule has 0 atom stereocenters. The first kappa shape index (κ1) is 12.9. The molecule has 1 saturated carbocycles. The first-order chi connectivity index (χ1) is 9.13. The van der Waals surface area contributed by atoms with Crippen molar-refractivity contribution < 1.29 is 14.6 Å². The van der Waals surface area contributed by atoms with Crippen molar-refractivity contribution in [2.75, 3.05) is 31.2 Å². The van der Waals surface area contributed by atoms with Gasteiger partial charge in [-0.25, -0.2) is 0 Å². The number of ether oxygens (including phenoxy) is 1. The van der Waals surface area contributed by atoms with Gasteiger partial charge < -0.3 is 14.7 Å². The summed E-state index contributed by atoms with van der Waals surface area (Å²) in [6.07, 6.45) is 1.46. The Morgan fingerprint density at radius 2 is 2.00 bits per heavy atom. The van der Waals surface area contributed by atoms with E-state index in [2.05, 4.69) is 20.8 Å². The minimum absolute atomic E-state index is 0.669. The number of carbonyl (C=O) groups is 1. The summed E-state index contributed by atoms with van der Waals surface area (Å²) < 4.78 is 6.30. The lowest BCUT2D eigenvalue weighted by molar-refractivity contribution is -0.140. The summed E-state index contributed by atoms with van der Waals surface area (Å²) in [5.74, 6) is -0.708. The zero-order chi connectivity index (χ0) is 13.5. The summed E-state index contributed by atoms with van der Waals surface area (Å²) in [6, 6.07) is 5.96. The van der Waals surface area contributed by atoms with Crippen LogP contribution in [0.1, 0.15) is 18.4 Å². The van der Waals surface area contributed by atoms with E-state index in [0.717, 1.165) is 41.7 Å². The molecular formula is C14H16BrNO3. The van der Waals surface area contributed by atoms with Gasteiger partial charge in [0.2, 0.25) is 0 Å². The van der Waals surface area contributed by atoms with E-state index in [1.54, 1.807) is 0 Å². The molecule has 0 unspecified atom stereocenters. The van der Waals surface area contributed by atoms with Gasteiger partial charge in [-0.15, -0.1) is 0 Å². The van der Waals surface area contributed by atoms with Crippen molar-refractivity contribution in [2.24, 2.45) is 0 Å². The number of benzene rings is 1. The van der Waals surface area contributed by atoms with E-state index in [1.165, 1.54) is 0 Å². The largest absolute Gasteiger partial charge is 0.481 e. The van der Waals surface area contributed by atoms with Crippen LogP contribution in [0.4, 0.5) is 5.69 Å². The van der Waals surface area contributed by atoms with Gasteiger partial charge in [-0.3, -0.25) is 4.79 Å². The average Bonchev–Trinajstić information content (AvgIpc) is 3.21. The lowest BCUT2D eigenvalue weighted by atomic mass is 9.93. The smallest absolute Gasteiger partial charge is 0.314 e. The monoisotopic (exact) mass is 325 g/mol. The van der Waals surface area contributed by atoms with Crippen molar-refractivity contribution in [3.63, 3.8) is 0 Å². The van der Waals surface area contributed by atoms with Crippen LogP contribution in [-0.2, 0) is 14.9 Å². The Morgan fingerprint density at radius 3 is 2.58 bits per heavy atom. The molecule has 2 aliphatic rings. The molecule has 0 spiro atoms. The molecular weight excluding hydrogens is 310 g/mol. The third-order valence-corrected chi connectivity index (χ3v) is 4.48. The number of morpholine rings is 1. The number of hydrogen-bond donors (Lipinski definition) is 1. The normalized spacial score (nSPS) is 21.2. The molecule has 2 fully saturated rings. The Labute approximate surface area is 120 Å². The van der Waals surface area contributed by atoms with Gasteiger partial charge in [0.15, 0.2) is 0 Å². The van der Waals surface area contributed by atoms with Crippen LogP contribution in [0.3, 0.4) is 0 Å². The van der Waals surface area contributed by atoms with Crippen LogP contribution in [0.5, 0.6) is 0 Å². The van der Waals surface area contributed by atoms with Gasteiger partial charge in [-0.2, -0.15) is 0 Å². The number of halogens is 1. The molecule has 4 nitrogen and oxygen atoms in total. The SMILES string of the molecule is O=C(O)C1(c2cc(Br)ccc2N2CCOCC2)CC1. The molecule has 0 bridgehead atoms. The highest BCUT2D eigenvalue weighted by molar-refractivity contribution is 9.10.